The Morgan fingerprint density at radius 1 is 1.00 bits per heavy atom. The van der Waals surface area contributed by atoms with Crippen LogP contribution in [0.15, 0.2) is 54.6 Å². The smallest absolute Gasteiger partial charge is 0.138 e. The third kappa shape index (κ3) is 5.66. The van der Waals surface area contributed by atoms with E-state index in [0.717, 1.165) is 74.0 Å². The summed E-state index contributed by atoms with van der Waals surface area (Å²) in [6.07, 6.45) is 3.43. The Kier molecular flexibility index (Phi) is 7.99. The fourth-order valence-corrected chi connectivity index (χ4v) is 5.25. The summed E-state index contributed by atoms with van der Waals surface area (Å²) in [5.74, 6) is 0.679. The van der Waals surface area contributed by atoms with Crippen LogP contribution in [0.3, 0.4) is 0 Å². The van der Waals surface area contributed by atoms with Crippen LogP contribution in [0.1, 0.15) is 37.3 Å². The van der Waals surface area contributed by atoms with E-state index >= 15 is 0 Å². The number of halogens is 1. The molecule has 0 aromatic heterocycles. The number of ether oxygens (including phenoxy) is 1. The minimum absolute atomic E-state index is 0.602. The molecule has 3 N–H and O–H groups in total. The number of unbranched alkanes of at least 4 members (excludes halogenated alkanes) is 1. The molecule has 1 unspecified atom stereocenters. The Morgan fingerprint density at radius 2 is 1.71 bits per heavy atom. The summed E-state index contributed by atoms with van der Waals surface area (Å²) in [6, 6.07) is 18.3. The monoisotopic (exact) mass is 481 g/mol. The predicted molar refractivity (Wildman–Crippen MR) is 141 cm³/mol. The fourth-order valence-electron chi connectivity index (χ4n) is 4.94. The van der Waals surface area contributed by atoms with Crippen LogP contribution >= 0.6 is 11.6 Å². The highest BCUT2D eigenvalue weighted by atomic mass is 35.5. The second-order valence-electron chi connectivity index (χ2n) is 9.40. The Bertz CT molecular complexity index is 1100. The van der Waals surface area contributed by atoms with Crippen LogP contribution < -0.4 is 10.5 Å². The Labute approximate surface area is 208 Å². The van der Waals surface area contributed by atoms with Gasteiger partial charge in [-0.25, -0.2) is 0 Å². The van der Waals surface area contributed by atoms with E-state index in [2.05, 4.69) is 41.0 Å². The van der Waals surface area contributed by atoms with Crippen LogP contribution in [0.4, 0.5) is 5.69 Å². The fraction of sp³-hybridized carbons (Fsp3) is 0.429. The zero-order valence-electron chi connectivity index (χ0n) is 20.3. The lowest BCUT2D eigenvalue weighted by molar-refractivity contribution is -0.130. The molecule has 1 heterocycles. The van der Waals surface area contributed by atoms with Gasteiger partial charge < -0.3 is 15.6 Å². The van der Waals surface area contributed by atoms with Crippen molar-refractivity contribution in [1.29, 1.82) is 0 Å². The van der Waals surface area contributed by atoms with E-state index in [-0.39, 0.29) is 0 Å². The number of methoxy groups -OCH3 is 1. The van der Waals surface area contributed by atoms with Gasteiger partial charge in [0.05, 0.1) is 12.1 Å². The van der Waals surface area contributed by atoms with E-state index in [1.165, 1.54) is 5.56 Å². The minimum Gasteiger partial charge on any atom is -0.495 e. The van der Waals surface area contributed by atoms with Crippen molar-refractivity contribution in [2.45, 2.75) is 44.9 Å². The SMILES string of the molecule is CCCCC(O)(Cc1ccc2c(Cl)c(OC)ccc2c1)N1CCN(Cc2ccc(N)cc2)CC1. The molecular weight excluding hydrogens is 446 g/mol. The average Bonchev–Trinajstić information content (AvgIpc) is 2.85. The predicted octanol–water partition coefficient (Wildman–Crippen LogP) is 5.32. The van der Waals surface area contributed by atoms with Gasteiger partial charge in [0, 0.05) is 50.2 Å². The molecule has 0 bridgehead atoms. The van der Waals surface area contributed by atoms with Gasteiger partial charge in [0.2, 0.25) is 0 Å². The summed E-state index contributed by atoms with van der Waals surface area (Å²) in [7, 11) is 1.63. The number of piperazine rings is 1. The van der Waals surface area contributed by atoms with Crippen LogP contribution in [-0.2, 0) is 13.0 Å². The first-order valence-electron chi connectivity index (χ1n) is 12.2. The van der Waals surface area contributed by atoms with E-state index in [0.29, 0.717) is 17.2 Å². The Balaban J connectivity index is 1.46. The number of anilines is 1. The minimum atomic E-state index is -0.854. The van der Waals surface area contributed by atoms with Crippen molar-refractivity contribution in [2.24, 2.45) is 0 Å². The molecule has 182 valence electrons. The molecule has 3 aromatic rings. The van der Waals surface area contributed by atoms with E-state index in [4.69, 9.17) is 22.1 Å². The number of nitrogens with zero attached hydrogens (tertiary/aromatic N) is 2. The molecule has 1 atom stereocenters. The van der Waals surface area contributed by atoms with Crippen LogP contribution in [0, 0.1) is 0 Å². The lowest BCUT2D eigenvalue weighted by Gasteiger charge is -2.45. The molecule has 1 aliphatic rings. The maximum Gasteiger partial charge on any atom is 0.138 e. The van der Waals surface area contributed by atoms with E-state index in [9.17, 15) is 5.11 Å². The molecule has 34 heavy (non-hydrogen) atoms. The molecule has 1 fully saturated rings. The standard InChI is InChI=1S/C28H36ClN3O2/c1-3-4-13-28(33,19-22-7-11-25-23(18-22)8-12-26(34-2)27(25)29)32-16-14-31(15-17-32)20-21-5-9-24(30)10-6-21/h5-12,18,33H,3-4,13-17,19-20,30H2,1-2H3. The number of hydrogen-bond acceptors (Lipinski definition) is 5. The topological polar surface area (TPSA) is 62.0 Å². The summed E-state index contributed by atoms with van der Waals surface area (Å²) in [4.78, 5) is 4.74. The van der Waals surface area contributed by atoms with Crippen molar-refractivity contribution < 1.29 is 9.84 Å². The summed E-state index contributed by atoms with van der Waals surface area (Å²) < 4.78 is 5.35. The zero-order valence-corrected chi connectivity index (χ0v) is 21.0. The molecule has 3 aromatic carbocycles. The van der Waals surface area contributed by atoms with Gasteiger partial charge in [-0.1, -0.05) is 61.3 Å². The Hall–Kier alpha value is -2.31. The number of hydrogen-bond donors (Lipinski definition) is 2. The third-order valence-electron chi connectivity index (χ3n) is 6.97. The molecule has 0 saturated carbocycles. The summed E-state index contributed by atoms with van der Waals surface area (Å²) in [5.41, 5.74) is 8.16. The second kappa shape index (κ2) is 11.0. The molecular formula is C28H36ClN3O2. The van der Waals surface area contributed by atoms with Crippen LogP contribution in [0.25, 0.3) is 10.8 Å². The number of fused-ring (bicyclic) bond motifs is 1. The molecule has 1 aliphatic heterocycles. The maximum atomic E-state index is 11.9. The largest absolute Gasteiger partial charge is 0.495 e. The molecule has 6 heteroatoms. The quantitative estimate of drug-likeness (QED) is 0.405. The van der Waals surface area contributed by atoms with Gasteiger partial charge in [-0.05, 0) is 47.6 Å². The highest BCUT2D eigenvalue weighted by Crippen LogP contribution is 2.34. The normalized spacial score (nSPS) is 17.1. The first-order valence-corrected chi connectivity index (χ1v) is 12.6. The van der Waals surface area contributed by atoms with Gasteiger partial charge in [0.25, 0.3) is 0 Å². The Morgan fingerprint density at radius 3 is 2.38 bits per heavy atom. The van der Waals surface area contributed by atoms with Gasteiger partial charge in [-0.3, -0.25) is 9.80 Å². The molecule has 4 rings (SSSR count). The first kappa shape index (κ1) is 24.8. The molecule has 5 nitrogen and oxygen atoms in total. The maximum absolute atomic E-state index is 11.9. The van der Waals surface area contributed by atoms with Crippen LogP contribution in [0.5, 0.6) is 5.75 Å². The summed E-state index contributed by atoms with van der Waals surface area (Å²) in [6.45, 7) is 6.67. The van der Waals surface area contributed by atoms with Crippen molar-refractivity contribution >= 4 is 28.1 Å². The van der Waals surface area contributed by atoms with Crippen molar-refractivity contribution in [3.8, 4) is 5.75 Å². The van der Waals surface area contributed by atoms with Crippen molar-refractivity contribution in [2.75, 3.05) is 39.0 Å². The van der Waals surface area contributed by atoms with Crippen LogP contribution in [0.2, 0.25) is 5.02 Å². The number of aliphatic hydroxyl groups is 1. The van der Waals surface area contributed by atoms with Crippen LogP contribution in [-0.4, -0.2) is 53.9 Å². The zero-order chi connectivity index (χ0) is 24.1. The molecule has 0 amide bonds. The van der Waals surface area contributed by atoms with Crippen molar-refractivity contribution in [3.63, 3.8) is 0 Å². The highest BCUT2D eigenvalue weighted by molar-refractivity contribution is 6.37. The average molecular weight is 482 g/mol. The number of nitrogen functional groups attached to an aromatic ring is 1. The lowest BCUT2D eigenvalue weighted by Crippen LogP contribution is -2.58. The first-order chi connectivity index (χ1) is 16.4. The molecule has 1 saturated heterocycles. The van der Waals surface area contributed by atoms with Gasteiger partial charge in [-0.15, -0.1) is 0 Å². The number of benzene rings is 3. The van der Waals surface area contributed by atoms with Gasteiger partial charge in [0.1, 0.15) is 11.5 Å². The van der Waals surface area contributed by atoms with Gasteiger partial charge in [0.15, 0.2) is 0 Å². The highest BCUT2D eigenvalue weighted by Gasteiger charge is 2.36. The number of nitrogens with two attached hydrogens (primary N) is 1. The molecule has 0 spiro atoms. The van der Waals surface area contributed by atoms with E-state index < -0.39 is 5.72 Å². The molecule has 0 aliphatic carbocycles. The second-order valence-corrected chi connectivity index (χ2v) is 9.78. The third-order valence-corrected chi connectivity index (χ3v) is 7.36. The lowest BCUT2D eigenvalue weighted by atomic mass is 9.93. The van der Waals surface area contributed by atoms with Gasteiger partial charge >= 0.3 is 0 Å². The van der Waals surface area contributed by atoms with E-state index in [1.807, 2.05) is 30.3 Å². The van der Waals surface area contributed by atoms with E-state index in [1.54, 1.807) is 7.11 Å². The van der Waals surface area contributed by atoms with Crippen molar-refractivity contribution in [3.05, 3.63) is 70.7 Å². The molecule has 0 radical (unpaired) electrons. The number of rotatable bonds is 9. The summed E-state index contributed by atoms with van der Waals surface area (Å²) in [5, 5.41) is 14.5. The van der Waals surface area contributed by atoms with Crippen molar-refractivity contribution in [1.82, 2.24) is 9.80 Å². The summed E-state index contributed by atoms with van der Waals surface area (Å²) >= 11 is 6.50. The van der Waals surface area contributed by atoms with Gasteiger partial charge in [-0.2, -0.15) is 0 Å².